The third kappa shape index (κ3) is 3.65. The number of halogens is 1. The number of aryl methyl sites for hydroxylation is 1. The first-order valence-electron chi connectivity index (χ1n) is 4.34. The Morgan fingerprint density at radius 2 is 2.00 bits per heavy atom. The van der Waals surface area contributed by atoms with Crippen molar-refractivity contribution in [3.63, 3.8) is 0 Å². The molecule has 0 atom stereocenters. The molecule has 0 spiro atoms. The van der Waals surface area contributed by atoms with Crippen LogP contribution in [0.4, 0.5) is 0 Å². The van der Waals surface area contributed by atoms with Gasteiger partial charge in [-0.3, -0.25) is 0 Å². The van der Waals surface area contributed by atoms with Crippen molar-refractivity contribution in [1.82, 2.24) is 0 Å². The largest absolute Gasteiger partial charge is 0.133 e. The number of hydrogen-bond acceptors (Lipinski definition) is 1. The Morgan fingerprint density at radius 3 is 2.38 bits per heavy atom. The van der Waals surface area contributed by atoms with E-state index in [1.54, 1.807) is 11.3 Å². The Labute approximate surface area is 92.8 Å². The highest BCUT2D eigenvalue weighted by Gasteiger charge is 2.05. The summed E-state index contributed by atoms with van der Waals surface area (Å²) in [5.41, 5.74) is 1.55. The molecule has 0 nitrogen and oxygen atoms in total. The predicted octanol–water partition coefficient (Wildman–Crippen LogP) is 4.88. The van der Waals surface area contributed by atoms with E-state index in [0.717, 1.165) is 0 Å². The van der Waals surface area contributed by atoms with E-state index in [0.29, 0.717) is 0 Å². The molecule has 0 fully saturated rings. The summed E-state index contributed by atoms with van der Waals surface area (Å²) in [6.07, 6.45) is 4.42. The Balaban J connectivity index is 2.86. The molecule has 1 rings (SSSR count). The van der Waals surface area contributed by atoms with Crippen LogP contribution in [0.1, 0.15) is 31.2 Å². The Hall–Kier alpha value is -0.0800. The molecule has 0 aliphatic carbocycles. The summed E-state index contributed by atoms with van der Waals surface area (Å²) in [6, 6.07) is 2.21. The summed E-state index contributed by atoms with van der Waals surface area (Å²) in [4.78, 5) is 1.35. The fourth-order valence-electron chi connectivity index (χ4n) is 0.959. The summed E-state index contributed by atoms with van der Waals surface area (Å²) in [6.45, 7) is 8.74. The SMILES string of the molecule is Cc1cc(/C=C/C(C)(C)C)c(Br)s1. The van der Waals surface area contributed by atoms with Crippen molar-refractivity contribution >= 4 is 33.3 Å². The molecule has 0 saturated heterocycles. The first-order chi connectivity index (χ1) is 5.88. The summed E-state index contributed by atoms with van der Waals surface area (Å²) in [5, 5.41) is 0. The minimum atomic E-state index is 0.259. The van der Waals surface area contributed by atoms with Gasteiger partial charge in [-0.1, -0.05) is 32.9 Å². The average Bonchev–Trinajstić information content (AvgIpc) is 2.24. The van der Waals surface area contributed by atoms with E-state index in [9.17, 15) is 0 Å². The fourth-order valence-corrected chi connectivity index (χ4v) is 2.68. The highest BCUT2D eigenvalue weighted by atomic mass is 79.9. The molecule has 0 amide bonds. The van der Waals surface area contributed by atoms with E-state index >= 15 is 0 Å². The van der Waals surface area contributed by atoms with Gasteiger partial charge in [-0.15, -0.1) is 11.3 Å². The van der Waals surface area contributed by atoms with Crippen molar-refractivity contribution < 1.29 is 0 Å². The number of rotatable bonds is 1. The molecule has 0 aliphatic rings. The Morgan fingerprint density at radius 1 is 1.38 bits per heavy atom. The van der Waals surface area contributed by atoms with Gasteiger partial charge < -0.3 is 0 Å². The van der Waals surface area contributed by atoms with E-state index in [1.807, 2.05) is 0 Å². The Bertz CT molecular complexity index is 315. The first kappa shape index (κ1) is 11.0. The van der Waals surface area contributed by atoms with Gasteiger partial charge in [-0.25, -0.2) is 0 Å². The van der Waals surface area contributed by atoms with Crippen LogP contribution in [0.2, 0.25) is 0 Å². The van der Waals surface area contributed by atoms with Gasteiger partial charge in [0.05, 0.1) is 3.79 Å². The van der Waals surface area contributed by atoms with Crippen LogP contribution in [0.15, 0.2) is 15.9 Å². The van der Waals surface area contributed by atoms with Gasteiger partial charge in [0.15, 0.2) is 0 Å². The lowest BCUT2D eigenvalue weighted by molar-refractivity contribution is 0.547. The third-order valence-corrected chi connectivity index (χ3v) is 3.40. The van der Waals surface area contributed by atoms with Gasteiger partial charge in [0.25, 0.3) is 0 Å². The molecule has 72 valence electrons. The summed E-state index contributed by atoms with van der Waals surface area (Å²) >= 11 is 5.34. The average molecular weight is 259 g/mol. The molecule has 0 bridgehead atoms. The highest BCUT2D eigenvalue weighted by molar-refractivity contribution is 9.11. The number of allylic oxidation sites excluding steroid dienone is 1. The second-order valence-electron chi connectivity index (χ2n) is 4.29. The molecule has 1 aromatic rings. The highest BCUT2D eigenvalue weighted by Crippen LogP contribution is 2.29. The van der Waals surface area contributed by atoms with Crippen LogP contribution in [0.25, 0.3) is 6.08 Å². The van der Waals surface area contributed by atoms with Gasteiger partial charge in [-0.2, -0.15) is 0 Å². The zero-order valence-electron chi connectivity index (χ0n) is 8.52. The second kappa shape index (κ2) is 3.97. The molecule has 0 unspecified atom stereocenters. The number of hydrogen-bond donors (Lipinski definition) is 0. The molecule has 13 heavy (non-hydrogen) atoms. The third-order valence-electron chi connectivity index (χ3n) is 1.60. The van der Waals surface area contributed by atoms with Gasteiger partial charge in [-0.05, 0) is 39.9 Å². The van der Waals surface area contributed by atoms with E-state index in [2.05, 4.69) is 61.8 Å². The second-order valence-corrected chi connectivity index (χ2v) is 6.86. The first-order valence-corrected chi connectivity index (χ1v) is 5.94. The minimum absolute atomic E-state index is 0.259. The van der Waals surface area contributed by atoms with Crippen LogP contribution in [0.5, 0.6) is 0 Å². The standard InChI is InChI=1S/C11H15BrS/c1-8-7-9(10(12)13-8)5-6-11(2,3)4/h5-7H,1-4H3/b6-5+. The van der Waals surface area contributed by atoms with Crippen LogP contribution >= 0.6 is 27.3 Å². The van der Waals surface area contributed by atoms with Crippen molar-refractivity contribution in [3.8, 4) is 0 Å². The van der Waals surface area contributed by atoms with Crippen molar-refractivity contribution in [2.75, 3.05) is 0 Å². The molecule has 0 saturated carbocycles. The van der Waals surface area contributed by atoms with Crippen molar-refractivity contribution in [2.24, 2.45) is 5.41 Å². The zero-order valence-corrected chi connectivity index (χ0v) is 10.9. The lowest BCUT2D eigenvalue weighted by atomic mass is 9.96. The minimum Gasteiger partial charge on any atom is -0.133 e. The monoisotopic (exact) mass is 258 g/mol. The molecule has 1 aromatic heterocycles. The summed E-state index contributed by atoms with van der Waals surface area (Å²) < 4.78 is 1.23. The fraction of sp³-hybridized carbons (Fsp3) is 0.455. The molecular weight excluding hydrogens is 244 g/mol. The van der Waals surface area contributed by atoms with Crippen molar-refractivity contribution in [1.29, 1.82) is 0 Å². The molecule has 0 aliphatic heterocycles. The van der Waals surface area contributed by atoms with Crippen molar-refractivity contribution in [3.05, 3.63) is 26.4 Å². The van der Waals surface area contributed by atoms with Crippen molar-refractivity contribution in [2.45, 2.75) is 27.7 Å². The maximum atomic E-state index is 3.55. The molecular formula is C11H15BrS. The normalized spacial score (nSPS) is 12.7. The van der Waals surface area contributed by atoms with E-state index in [-0.39, 0.29) is 5.41 Å². The van der Waals surface area contributed by atoms with E-state index in [4.69, 9.17) is 0 Å². The zero-order chi connectivity index (χ0) is 10.1. The van der Waals surface area contributed by atoms with Gasteiger partial charge in [0.2, 0.25) is 0 Å². The molecule has 1 heterocycles. The molecule has 0 aromatic carbocycles. The number of thiophene rings is 1. The van der Waals surface area contributed by atoms with Crippen LogP contribution in [-0.4, -0.2) is 0 Å². The van der Waals surface area contributed by atoms with Crippen LogP contribution in [0.3, 0.4) is 0 Å². The Kier molecular flexibility index (Phi) is 3.36. The predicted molar refractivity (Wildman–Crippen MR) is 65.2 cm³/mol. The van der Waals surface area contributed by atoms with E-state index < -0.39 is 0 Å². The van der Waals surface area contributed by atoms with Crippen LogP contribution < -0.4 is 0 Å². The lowest BCUT2D eigenvalue weighted by Crippen LogP contribution is -1.97. The van der Waals surface area contributed by atoms with Gasteiger partial charge >= 0.3 is 0 Å². The smallest absolute Gasteiger partial charge is 0.0773 e. The molecule has 2 heteroatoms. The maximum Gasteiger partial charge on any atom is 0.0773 e. The van der Waals surface area contributed by atoms with Gasteiger partial charge in [0, 0.05) is 4.88 Å². The van der Waals surface area contributed by atoms with Gasteiger partial charge in [0.1, 0.15) is 0 Å². The summed E-state index contributed by atoms with van der Waals surface area (Å²) in [5.74, 6) is 0. The van der Waals surface area contributed by atoms with E-state index in [1.165, 1.54) is 14.2 Å². The molecule has 0 radical (unpaired) electrons. The lowest BCUT2D eigenvalue weighted by Gasteiger charge is -2.10. The quantitative estimate of drug-likeness (QED) is 0.674. The molecule has 0 N–H and O–H groups in total. The summed E-state index contributed by atoms with van der Waals surface area (Å²) in [7, 11) is 0. The van der Waals surface area contributed by atoms with Crippen LogP contribution in [-0.2, 0) is 0 Å². The maximum absolute atomic E-state index is 3.55. The van der Waals surface area contributed by atoms with Crippen LogP contribution in [0, 0.1) is 12.3 Å². The topological polar surface area (TPSA) is 0 Å².